The molecule has 1 aliphatic rings. The van der Waals surface area contributed by atoms with Crippen molar-refractivity contribution in [1.29, 1.82) is 0 Å². The zero-order valence-corrected chi connectivity index (χ0v) is 14.7. The predicted octanol–water partition coefficient (Wildman–Crippen LogP) is 4.43. The highest BCUT2D eigenvalue weighted by molar-refractivity contribution is 6.31. The van der Waals surface area contributed by atoms with Crippen LogP contribution in [-0.2, 0) is 9.59 Å². The van der Waals surface area contributed by atoms with Crippen molar-refractivity contribution in [2.45, 2.75) is 19.8 Å². The number of carbonyl (C=O) groups is 2. The molecule has 1 heterocycles. The van der Waals surface area contributed by atoms with Gasteiger partial charge in [-0.3, -0.25) is 9.59 Å². The minimum Gasteiger partial charge on any atom is -0.322 e. The Kier molecular flexibility index (Phi) is 5.19. The van der Waals surface area contributed by atoms with E-state index < -0.39 is 0 Å². The molecule has 1 saturated heterocycles. The number of hydrogen-bond acceptors (Lipinski definition) is 2. The van der Waals surface area contributed by atoms with Crippen molar-refractivity contribution in [3.8, 4) is 0 Å². The van der Waals surface area contributed by atoms with Crippen molar-refractivity contribution in [2.24, 2.45) is 0 Å². The smallest absolute Gasteiger partial charge is 0.248 e. The average molecular weight is 355 g/mol. The molecule has 25 heavy (non-hydrogen) atoms. The fraction of sp³-hybridized carbons (Fsp3) is 0.200. The summed E-state index contributed by atoms with van der Waals surface area (Å²) in [5.41, 5.74) is 3.45. The molecule has 2 aromatic carbocycles. The highest BCUT2D eigenvalue weighted by Gasteiger charge is 2.21. The number of nitrogens with one attached hydrogen (secondary N) is 1. The number of amides is 2. The molecular formula is C20H19ClN2O2. The number of benzene rings is 2. The number of rotatable bonds is 4. The first kappa shape index (κ1) is 17.2. The lowest BCUT2D eigenvalue weighted by atomic mass is 10.1. The second-order valence-corrected chi connectivity index (χ2v) is 6.46. The molecule has 1 fully saturated rings. The molecule has 2 amide bonds. The third-order valence-electron chi connectivity index (χ3n) is 4.16. The number of hydrogen-bond donors (Lipinski definition) is 1. The summed E-state index contributed by atoms with van der Waals surface area (Å²) in [6.45, 7) is 2.68. The highest BCUT2D eigenvalue weighted by Crippen LogP contribution is 2.22. The average Bonchev–Trinajstić information content (AvgIpc) is 3.03. The van der Waals surface area contributed by atoms with Crippen LogP contribution in [0.1, 0.15) is 24.0 Å². The predicted molar refractivity (Wildman–Crippen MR) is 102 cm³/mol. The maximum Gasteiger partial charge on any atom is 0.248 e. The van der Waals surface area contributed by atoms with Crippen molar-refractivity contribution < 1.29 is 9.59 Å². The topological polar surface area (TPSA) is 49.4 Å². The Balaban J connectivity index is 1.64. The SMILES string of the molecule is Cc1ccc(Cl)cc1NC(=O)/C=C/c1ccc(N2CCCC2=O)cc1. The lowest BCUT2D eigenvalue weighted by Gasteiger charge is -2.15. The number of carbonyl (C=O) groups excluding carboxylic acids is 2. The summed E-state index contributed by atoms with van der Waals surface area (Å²) < 4.78 is 0. The van der Waals surface area contributed by atoms with E-state index in [1.165, 1.54) is 6.08 Å². The Morgan fingerprint density at radius 1 is 1.20 bits per heavy atom. The Morgan fingerprint density at radius 3 is 2.64 bits per heavy atom. The van der Waals surface area contributed by atoms with Crippen LogP contribution in [-0.4, -0.2) is 18.4 Å². The molecule has 0 spiro atoms. The van der Waals surface area contributed by atoms with E-state index in [9.17, 15) is 9.59 Å². The van der Waals surface area contributed by atoms with Gasteiger partial charge in [-0.25, -0.2) is 0 Å². The molecule has 0 bridgehead atoms. The first-order valence-corrected chi connectivity index (χ1v) is 8.56. The van der Waals surface area contributed by atoms with Crippen LogP contribution in [0.3, 0.4) is 0 Å². The first-order valence-electron chi connectivity index (χ1n) is 8.18. The van der Waals surface area contributed by atoms with E-state index in [2.05, 4.69) is 5.32 Å². The summed E-state index contributed by atoms with van der Waals surface area (Å²) in [5, 5.41) is 3.40. The molecule has 0 unspecified atom stereocenters. The zero-order chi connectivity index (χ0) is 17.8. The monoisotopic (exact) mass is 354 g/mol. The Hall–Kier alpha value is -2.59. The normalized spacial score (nSPS) is 14.3. The molecule has 1 N–H and O–H groups in total. The molecule has 3 rings (SSSR count). The molecule has 0 saturated carbocycles. The van der Waals surface area contributed by atoms with E-state index in [1.807, 2.05) is 37.3 Å². The van der Waals surface area contributed by atoms with Gasteiger partial charge in [0, 0.05) is 35.4 Å². The molecule has 0 aromatic heterocycles. The van der Waals surface area contributed by atoms with Crippen LogP contribution in [0.4, 0.5) is 11.4 Å². The van der Waals surface area contributed by atoms with Gasteiger partial charge in [0.05, 0.1) is 0 Å². The minimum absolute atomic E-state index is 0.166. The van der Waals surface area contributed by atoms with Crippen molar-refractivity contribution in [3.63, 3.8) is 0 Å². The largest absolute Gasteiger partial charge is 0.322 e. The van der Waals surface area contributed by atoms with Crippen LogP contribution < -0.4 is 10.2 Å². The van der Waals surface area contributed by atoms with Gasteiger partial charge in [-0.2, -0.15) is 0 Å². The van der Waals surface area contributed by atoms with Gasteiger partial charge in [0.1, 0.15) is 0 Å². The second kappa shape index (κ2) is 7.53. The van der Waals surface area contributed by atoms with Gasteiger partial charge in [-0.05, 0) is 54.8 Å². The van der Waals surface area contributed by atoms with Crippen molar-refractivity contribution in [2.75, 3.05) is 16.8 Å². The lowest BCUT2D eigenvalue weighted by molar-refractivity contribution is -0.117. The third-order valence-corrected chi connectivity index (χ3v) is 4.40. The van der Waals surface area contributed by atoms with Crippen LogP contribution in [0.25, 0.3) is 6.08 Å². The first-order chi connectivity index (χ1) is 12.0. The zero-order valence-electron chi connectivity index (χ0n) is 14.0. The summed E-state index contributed by atoms with van der Waals surface area (Å²) in [5.74, 6) is -0.0521. The summed E-state index contributed by atoms with van der Waals surface area (Å²) in [6, 6.07) is 13.0. The summed E-state index contributed by atoms with van der Waals surface area (Å²) >= 11 is 5.95. The molecule has 4 nitrogen and oxygen atoms in total. The standard InChI is InChI=1S/C20H19ClN2O2/c1-14-4-8-16(21)13-18(14)22-19(24)11-7-15-5-9-17(10-6-15)23-12-2-3-20(23)25/h4-11,13H,2-3,12H2,1H3,(H,22,24)/b11-7+. The van der Waals surface area contributed by atoms with Gasteiger partial charge in [0.2, 0.25) is 11.8 Å². The highest BCUT2D eigenvalue weighted by atomic mass is 35.5. The van der Waals surface area contributed by atoms with Gasteiger partial charge < -0.3 is 10.2 Å². The molecule has 128 valence electrons. The number of halogens is 1. The van der Waals surface area contributed by atoms with Crippen molar-refractivity contribution >= 4 is 40.9 Å². The van der Waals surface area contributed by atoms with Crippen LogP contribution in [0.15, 0.2) is 48.5 Å². The fourth-order valence-electron chi connectivity index (χ4n) is 2.76. The summed E-state index contributed by atoms with van der Waals surface area (Å²) in [4.78, 5) is 25.6. The van der Waals surface area contributed by atoms with Crippen molar-refractivity contribution in [3.05, 3.63) is 64.7 Å². The summed E-state index contributed by atoms with van der Waals surface area (Å²) in [7, 11) is 0. The van der Waals surface area contributed by atoms with Gasteiger partial charge >= 0.3 is 0 Å². The molecule has 2 aromatic rings. The van der Waals surface area contributed by atoms with E-state index in [1.54, 1.807) is 23.1 Å². The van der Waals surface area contributed by atoms with E-state index in [0.717, 1.165) is 29.8 Å². The molecule has 5 heteroatoms. The molecule has 0 radical (unpaired) electrons. The van der Waals surface area contributed by atoms with E-state index in [0.29, 0.717) is 17.1 Å². The maximum atomic E-state index is 12.1. The van der Waals surface area contributed by atoms with E-state index >= 15 is 0 Å². The van der Waals surface area contributed by atoms with Gasteiger partial charge in [-0.15, -0.1) is 0 Å². The maximum absolute atomic E-state index is 12.1. The Morgan fingerprint density at radius 2 is 1.96 bits per heavy atom. The Labute approximate surface area is 152 Å². The molecule has 1 aliphatic heterocycles. The van der Waals surface area contributed by atoms with Crippen LogP contribution in [0.5, 0.6) is 0 Å². The third kappa shape index (κ3) is 4.28. The minimum atomic E-state index is -0.218. The number of nitrogens with zero attached hydrogens (tertiary/aromatic N) is 1. The van der Waals surface area contributed by atoms with Gasteiger partial charge in [-0.1, -0.05) is 29.8 Å². The Bertz CT molecular complexity index is 828. The molecule has 0 atom stereocenters. The van der Waals surface area contributed by atoms with Crippen LogP contribution >= 0.6 is 11.6 Å². The fourth-order valence-corrected chi connectivity index (χ4v) is 2.93. The van der Waals surface area contributed by atoms with Crippen LogP contribution in [0.2, 0.25) is 5.02 Å². The van der Waals surface area contributed by atoms with Gasteiger partial charge in [0.25, 0.3) is 0 Å². The van der Waals surface area contributed by atoms with E-state index in [-0.39, 0.29) is 11.8 Å². The van der Waals surface area contributed by atoms with E-state index in [4.69, 9.17) is 11.6 Å². The summed E-state index contributed by atoms with van der Waals surface area (Å²) in [6.07, 6.45) is 4.75. The van der Waals surface area contributed by atoms with Crippen LogP contribution in [0, 0.1) is 6.92 Å². The quantitative estimate of drug-likeness (QED) is 0.826. The number of aryl methyl sites for hydroxylation is 1. The van der Waals surface area contributed by atoms with Crippen molar-refractivity contribution in [1.82, 2.24) is 0 Å². The van der Waals surface area contributed by atoms with Gasteiger partial charge in [0.15, 0.2) is 0 Å². The molecule has 0 aliphatic carbocycles. The lowest BCUT2D eigenvalue weighted by Crippen LogP contribution is -2.23. The number of anilines is 2. The second-order valence-electron chi connectivity index (χ2n) is 6.02. The molecular weight excluding hydrogens is 336 g/mol.